The third kappa shape index (κ3) is 2.61. The van der Waals surface area contributed by atoms with Gasteiger partial charge in [-0.15, -0.1) is 11.3 Å². The van der Waals surface area contributed by atoms with Gasteiger partial charge in [0.05, 0.1) is 10.6 Å². The van der Waals surface area contributed by atoms with E-state index in [0.717, 1.165) is 29.5 Å². The molecule has 0 aliphatic rings. The third-order valence-electron chi connectivity index (χ3n) is 2.01. The molecule has 0 aliphatic heterocycles. The first kappa shape index (κ1) is 10.3. The second kappa shape index (κ2) is 5.00. The van der Waals surface area contributed by atoms with E-state index in [1.54, 1.807) is 11.3 Å². The minimum Gasteiger partial charge on any atom is -0.311 e. The molecular weight excluding hydrogens is 206 g/mol. The lowest BCUT2D eigenvalue weighted by atomic mass is 10.3. The number of aromatic nitrogens is 2. The van der Waals surface area contributed by atoms with Crippen LogP contribution in [0.5, 0.6) is 0 Å². The van der Waals surface area contributed by atoms with Crippen LogP contribution in [-0.2, 0) is 6.54 Å². The van der Waals surface area contributed by atoms with E-state index in [4.69, 9.17) is 0 Å². The second-order valence-corrected chi connectivity index (χ2v) is 4.08. The summed E-state index contributed by atoms with van der Waals surface area (Å²) in [7, 11) is 0. The Labute approximate surface area is 93.2 Å². The molecule has 4 heteroatoms. The summed E-state index contributed by atoms with van der Waals surface area (Å²) in [6, 6.07) is 6.00. The molecule has 0 fully saturated rings. The molecule has 2 aromatic heterocycles. The van der Waals surface area contributed by atoms with Gasteiger partial charge in [0, 0.05) is 12.7 Å². The summed E-state index contributed by atoms with van der Waals surface area (Å²) in [5, 5.41) is 5.29. The molecule has 2 rings (SSSR count). The Morgan fingerprint density at radius 1 is 1.40 bits per heavy atom. The SMILES string of the molecule is CCNCc1ccnc(-c2cccs2)n1. The number of hydrogen-bond donors (Lipinski definition) is 1. The van der Waals surface area contributed by atoms with E-state index in [0.29, 0.717) is 0 Å². The van der Waals surface area contributed by atoms with Crippen LogP contribution in [-0.4, -0.2) is 16.5 Å². The van der Waals surface area contributed by atoms with Crippen LogP contribution in [0.4, 0.5) is 0 Å². The van der Waals surface area contributed by atoms with Gasteiger partial charge in [-0.3, -0.25) is 0 Å². The van der Waals surface area contributed by atoms with E-state index in [-0.39, 0.29) is 0 Å². The fourth-order valence-corrected chi connectivity index (χ4v) is 1.94. The summed E-state index contributed by atoms with van der Waals surface area (Å²) < 4.78 is 0. The zero-order valence-corrected chi connectivity index (χ0v) is 9.42. The number of nitrogens with one attached hydrogen (secondary N) is 1. The van der Waals surface area contributed by atoms with Crippen molar-refractivity contribution < 1.29 is 0 Å². The Morgan fingerprint density at radius 2 is 2.33 bits per heavy atom. The van der Waals surface area contributed by atoms with Gasteiger partial charge in [-0.05, 0) is 24.1 Å². The third-order valence-corrected chi connectivity index (χ3v) is 2.88. The molecule has 0 aliphatic carbocycles. The largest absolute Gasteiger partial charge is 0.311 e. The highest BCUT2D eigenvalue weighted by Gasteiger charge is 2.02. The zero-order valence-electron chi connectivity index (χ0n) is 8.60. The fourth-order valence-electron chi connectivity index (χ4n) is 1.27. The summed E-state index contributed by atoms with van der Waals surface area (Å²) in [6.07, 6.45) is 1.81. The maximum absolute atomic E-state index is 4.49. The first-order chi connectivity index (χ1) is 7.40. The maximum atomic E-state index is 4.49. The van der Waals surface area contributed by atoms with E-state index in [1.165, 1.54) is 0 Å². The Morgan fingerprint density at radius 3 is 3.07 bits per heavy atom. The molecular formula is C11H13N3S. The van der Waals surface area contributed by atoms with Gasteiger partial charge >= 0.3 is 0 Å². The molecule has 0 bridgehead atoms. The predicted molar refractivity (Wildman–Crippen MR) is 62.7 cm³/mol. The van der Waals surface area contributed by atoms with Crippen molar-refractivity contribution in [2.24, 2.45) is 0 Å². The van der Waals surface area contributed by atoms with Crippen LogP contribution in [0.3, 0.4) is 0 Å². The van der Waals surface area contributed by atoms with Gasteiger partial charge in [0.15, 0.2) is 5.82 Å². The summed E-state index contributed by atoms with van der Waals surface area (Å²) in [5.74, 6) is 0.820. The highest BCUT2D eigenvalue weighted by atomic mass is 32.1. The van der Waals surface area contributed by atoms with Crippen molar-refractivity contribution in [2.75, 3.05) is 6.54 Å². The molecule has 2 aromatic rings. The molecule has 0 saturated carbocycles. The number of thiophene rings is 1. The van der Waals surface area contributed by atoms with Crippen LogP contribution in [0.25, 0.3) is 10.7 Å². The van der Waals surface area contributed by atoms with Gasteiger partial charge < -0.3 is 5.32 Å². The van der Waals surface area contributed by atoms with Crippen molar-refractivity contribution in [3.63, 3.8) is 0 Å². The molecule has 78 valence electrons. The molecule has 0 aromatic carbocycles. The molecule has 0 amide bonds. The van der Waals surface area contributed by atoms with Crippen molar-refractivity contribution in [3.05, 3.63) is 35.5 Å². The van der Waals surface area contributed by atoms with Gasteiger partial charge in [-0.1, -0.05) is 13.0 Å². The van der Waals surface area contributed by atoms with E-state index in [1.807, 2.05) is 29.8 Å². The molecule has 2 heterocycles. The van der Waals surface area contributed by atoms with Crippen molar-refractivity contribution >= 4 is 11.3 Å². The lowest BCUT2D eigenvalue weighted by molar-refractivity contribution is 0.709. The Hall–Kier alpha value is -1.26. The van der Waals surface area contributed by atoms with Crippen molar-refractivity contribution in [2.45, 2.75) is 13.5 Å². The van der Waals surface area contributed by atoms with Gasteiger partial charge in [0.25, 0.3) is 0 Å². The number of rotatable bonds is 4. The summed E-state index contributed by atoms with van der Waals surface area (Å²) in [5.41, 5.74) is 1.04. The maximum Gasteiger partial charge on any atom is 0.169 e. The highest BCUT2D eigenvalue weighted by Crippen LogP contribution is 2.20. The van der Waals surface area contributed by atoms with Crippen LogP contribution in [0.1, 0.15) is 12.6 Å². The first-order valence-corrected chi connectivity index (χ1v) is 5.84. The number of hydrogen-bond acceptors (Lipinski definition) is 4. The molecule has 3 nitrogen and oxygen atoms in total. The monoisotopic (exact) mass is 219 g/mol. The quantitative estimate of drug-likeness (QED) is 0.857. The summed E-state index contributed by atoms with van der Waals surface area (Å²) in [6.45, 7) is 3.84. The molecule has 0 spiro atoms. The van der Waals surface area contributed by atoms with E-state index in [9.17, 15) is 0 Å². The Bertz CT molecular complexity index is 412. The minimum absolute atomic E-state index is 0.803. The van der Waals surface area contributed by atoms with Crippen LogP contribution < -0.4 is 5.32 Å². The molecule has 1 N–H and O–H groups in total. The van der Waals surface area contributed by atoms with Gasteiger partial charge in [-0.25, -0.2) is 9.97 Å². The average molecular weight is 219 g/mol. The van der Waals surface area contributed by atoms with Crippen molar-refractivity contribution in [1.29, 1.82) is 0 Å². The molecule has 0 radical (unpaired) electrons. The molecule has 0 atom stereocenters. The number of nitrogens with zero attached hydrogens (tertiary/aromatic N) is 2. The Balaban J connectivity index is 2.19. The average Bonchev–Trinajstić information content (AvgIpc) is 2.80. The second-order valence-electron chi connectivity index (χ2n) is 3.13. The van der Waals surface area contributed by atoms with Gasteiger partial charge in [0.1, 0.15) is 0 Å². The summed E-state index contributed by atoms with van der Waals surface area (Å²) >= 11 is 1.66. The first-order valence-electron chi connectivity index (χ1n) is 4.96. The zero-order chi connectivity index (χ0) is 10.5. The van der Waals surface area contributed by atoms with E-state index in [2.05, 4.69) is 22.2 Å². The van der Waals surface area contributed by atoms with Crippen LogP contribution in [0.15, 0.2) is 29.8 Å². The lowest BCUT2D eigenvalue weighted by Crippen LogP contribution is -2.13. The van der Waals surface area contributed by atoms with E-state index < -0.39 is 0 Å². The predicted octanol–water partition coefficient (Wildman–Crippen LogP) is 2.31. The normalized spacial score (nSPS) is 10.5. The molecule has 0 unspecified atom stereocenters. The topological polar surface area (TPSA) is 37.8 Å². The fraction of sp³-hybridized carbons (Fsp3) is 0.273. The van der Waals surface area contributed by atoms with Gasteiger partial charge in [0.2, 0.25) is 0 Å². The van der Waals surface area contributed by atoms with Crippen LogP contribution in [0, 0.1) is 0 Å². The van der Waals surface area contributed by atoms with Crippen LogP contribution >= 0.6 is 11.3 Å². The van der Waals surface area contributed by atoms with Crippen molar-refractivity contribution in [1.82, 2.24) is 15.3 Å². The molecule has 15 heavy (non-hydrogen) atoms. The standard InChI is InChI=1S/C11H13N3S/c1-2-12-8-9-5-6-13-11(14-9)10-4-3-7-15-10/h3-7,12H,2,8H2,1H3. The Kier molecular flexibility index (Phi) is 3.42. The highest BCUT2D eigenvalue weighted by molar-refractivity contribution is 7.13. The minimum atomic E-state index is 0.803. The van der Waals surface area contributed by atoms with Crippen LogP contribution in [0.2, 0.25) is 0 Å². The van der Waals surface area contributed by atoms with Gasteiger partial charge in [-0.2, -0.15) is 0 Å². The molecule has 0 saturated heterocycles. The lowest BCUT2D eigenvalue weighted by Gasteiger charge is -2.02. The van der Waals surface area contributed by atoms with Crippen molar-refractivity contribution in [3.8, 4) is 10.7 Å². The summed E-state index contributed by atoms with van der Waals surface area (Å²) in [4.78, 5) is 9.87. The van der Waals surface area contributed by atoms with E-state index >= 15 is 0 Å². The smallest absolute Gasteiger partial charge is 0.169 e.